The fourth-order valence-corrected chi connectivity index (χ4v) is 3.06. The molecule has 1 aromatic carbocycles. The summed E-state index contributed by atoms with van der Waals surface area (Å²) in [5.41, 5.74) is 1.10. The predicted octanol–water partition coefficient (Wildman–Crippen LogP) is 2.80. The zero-order valence-corrected chi connectivity index (χ0v) is 10.5. The van der Waals surface area contributed by atoms with E-state index >= 15 is 0 Å². The summed E-state index contributed by atoms with van der Waals surface area (Å²) in [4.78, 5) is 0. The molecule has 2 unspecified atom stereocenters. The third-order valence-corrected chi connectivity index (χ3v) is 3.97. The van der Waals surface area contributed by atoms with Gasteiger partial charge in [0.25, 0.3) is 0 Å². The Labute approximate surface area is 108 Å². The molecule has 1 aliphatic heterocycles. The molecule has 1 aromatic rings. The Morgan fingerprint density at radius 2 is 1.78 bits per heavy atom. The molecule has 1 saturated heterocycles. The molecule has 0 radical (unpaired) electrons. The van der Waals surface area contributed by atoms with Crippen molar-refractivity contribution in [2.75, 3.05) is 6.61 Å². The number of aliphatic hydroxyl groups is 1. The van der Waals surface area contributed by atoms with E-state index in [9.17, 15) is 5.11 Å². The summed E-state index contributed by atoms with van der Waals surface area (Å²) in [7, 11) is 0. The SMILES string of the molecule is OCC1OC2(CCCCC2)OC1c1ccccc1. The van der Waals surface area contributed by atoms with Gasteiger partial charge in [-0.2, -0.15) is 0 Å². The molecular weight excluding hydrogens is 228 g/mol. The molecule has 1 spiro atoms. The van der Waals surface area contributed by atoms with E-state index in [2.05, 4.69) is 0 Å². The first-order valence-electron chi connectivity index (χ1n) is 6.84. The molecule has 2 fully saturated rings. The number of hydrogen-bond donors (Lipinski definition) is 1. The van der Waals surface area contributed by atoms with E-state index in [-0.39, 0.29) is 18.8 Å². The molecule has 0 bridgehead atoms. The van der Waals surface area contributed by atoms with Crippen molar-refractivity contribution < 1.29 is 14.6 Å². The average Bonchev–Trinajstić information content (AvgIpc) is 2.79. The quantitative estimate of drug-likeness (QED) is 0.874. The highest BCUT2D eigenvalue weighted by molar-refractivity contribution is 5.20. The van der Waals surface area contributed by atoms with Gasteiger partial charge in [-0.15, -0.1) is 0 Å². The first-order valence-corrected chi connectivity index (χ1v) is 6.84. The molecule has 1 aliphatic carbocycles. The lowest BCUT2D eigenvalue weighted by atomic mass is 9.94. The van der Waals surface area contributed by atoms with Crippen molar-refractivity contribution >= 4 is 0 Å². The summed E-state index contributed by atoms with van der Waals surface area (Å²) < 4.78 is 12.2. The molecule has 3 rings (SSSR count). The molecule has 2 aliphatic rings. The third kappa shape index (κ3) is 2.18. The minimum Gasteiger partial charge on any atom is -0.394 e. The van der Waals surface area contributed by atoms with Crippen molar-refractivity contribution in [1.29, 1.82) is 0 Å². The minimum absolute atomic E-state index is 0.0152. The van der Waals surface area contributed by atoms with Crippen LogP contribution in [0.15, 0.2) is 30.3 Å². The first-order chi connectivity index (χ1) is 8.83. The summed E-state index contributed by atoms with van der Waals surface area (Å²) in [6.07, 6.45) is 5.10. The Kier molecular flexibility index (Phi) is 3.37. The van der Waals surface area contributed by atoms with Crippen LogP contribution < -0.4 is 0 Å². The molecular formula is C15H20O3. The Balaban J connectivity index is 1.82. The van der Waals surface area contributed by atoms with Gasteiger partial charge in [0.05, 0.1) is 6.61 Å². The maximum atomic E-state index is 9.51. The Morgan fingerprint density at radius 3 is 2.44 bits per heavy atom. The maximum Gasteiger partial charge on any atom is 0.169 e. The van der Waals surface area contributed by atoms with Crippen molar-refractivity contribution in [3.8, 4) is 0 Å². The van der Waals surface area contributed by atoms with Crippen LogP contribution in [0.4, 0.5) is 0 Å². The van der Waals surface area contributed by atoms with Gasteiger partial charge >= 0.3 is 0 Å². The van der Waals surface area contributed by atoms with Gasteiger partial charge in [-0.05, 0) is 18.4 Å². The van der Waals surface area contributed by atoms with Crippen molar-refractivity contribution in [1.82, 2.24) is 0 Å². The van der Waals surface area contributed by atoms with Gasteiger partial charge in [-0.1, -0.05) is 36.8 Å². The van der Waals surface area contributed by atoms with Gasteiger partial charge in [0.15, 0.2) is 5.79 Å². The van der Waals surface area contributed by atoms with E-state index in [1.54, 1.807) is 0 Å². The third-order valence-electron chi connectivity index (χ3n) is 3.97. The number of benzene rings is 1. The van der Waals surface area contributed by atoms with Crippen LogP contribution in [0.1, 0.15) is 43.8 Å². The van der Waals surface area contributed by atoms with Gasteiger partial charge in [-0.25, -0.2) is 0 Å². The maximum absolute atomic E-state index is 9.51. The van der Waals surface area contributed by atoms with Crippen molar-refractivity contribution in [3.63, 3.8) is 0 Å². The number of rotatable bonds is 2. The largest absolute Gasteiger partial charge is 0.394 e. The van der Waals surface area contributed by atoms with Crippen LogP contribution in [-0.4, -0.2) is 23.6 Å². The lowest BCUT2D eigenvalue weighted by Crippen LogP contribution is -2.33. The highest BCUT2D eigenvalue weighted by Crippen LogP contribution is 2.45. The first kappa shape index (κ1) is 12.2. The van der Waals surface area contributed by atoms with E-state index in [4.69, 9.17) is 9.47 Å². The summed E-state index contributed by atoms with van der Waals surface area (Å²) >= 11 is 0. The lowest BCUT2D eigenvalue weighted by molar-refractivity contribution is -0.196. The molecule has 98 valence electrons. The number of hydrogen-bond acceptors (Lipinski definition) is 3. The summed E-state index contributed by atoms with van der Waals surface area (Å²) in [5.74, 6) is -0.438. The lowest BCUT2D eigenvalue weighted by Gasteiger charge is -2.31. The fourth-order valence-electron chi connectivity index (χ4n) is 3.06. The molecule has 0 amide bonds. The van der Waals surface area contributed by atoms with Gasteiger partial charge in [-0.3, -0.25) is 0 Å². The van der Waals surface area contributed by atoms with Gasteiger partial charge in [0.1, 0.15) is 12.2 Å². The Morgan fingerprint density at radius 1 is 1.06 bits per heavy atom. The Hall–Kier alpha value is -0.900. The number of ether oxygens (including phenoxy) is 2. The summed E-state index contributed by atoms with van der Waals surface area (Å²) in [5, 5.41) is 9.51. The van der Waals surface area contributed by atoms with Crippen LogP contribution in [0.2, 0.25) is 0 Å². The van der Waals surface area contributed by atoms with Crippen LogP contribution in [0.5, 0.6) is 0 Å². The fraction of sp³-hybridized carbons (Fsp3) is 0.600. The zero-order chi connectivity index (χ0) is 12.4. The summed E-state index contributed by atoms with van der Waals surface area (Å²) in [6, 6.07) is 10.1. The van der Waals surface area contributed by atoms with Crippen molar-refractivity contribution in [2.45, 2.75) is 50.1 Å². The molecule has 1 heterocycles. The van der Waals surface area contributed by atoms with Gasteiger partial charge in [0, 0.05) is 12.8 Å². The highest BCUT2D eigenvalue weighted by atomic mass is 16.8. The second kappa shape index (κ2) is 5.00. The molecule has 3 nitrogen and oxygen atoms in total. The van der Waals surface area contributed by atoms with Crippen LogP contribution >= 0.6 is 0 Å². The number of aliphatic hydroxyl groups excluding tert-OH is 1. The monoisotopic (exact) mass is 248 g/mol. The molecule has 3 heteroatoms. The van der Waals surface area contributed by atoms with Crippen LogP contribution in [0, 0.1) is 0 Å². The normalized spacial score (nSPS) is 30.7. The average molecular weight is 248 g/mol. The molecule has 1 saturated carbocycles. The predicted molar refractivity (Wildman–Crippen MR) is 68.0 cm³/mol. The van der Waals surface area contributed by atoms with Gasteiger partial charge in [0.2, 0.25) is 0 Å². The minimum atomic E-state index is -0.438. The standard InChI is InChI=1S/C15H20O3/c16-11-13-14(12-7-3-1-4-8-12)18-15(17-13)9-5-2-6-10-15/h1,3-4,7-8,13-14,16H,2,5-6,9-11H2. The van der Waals surface area contributed by atoms with Crippen LogP contribution in [0.3, 0.4) is 0 Å². The topological polar surface area (TPSA) is 38.7 Å². The second-order valence-corrected chi connectivity index (χ2v) is 5.26. The summed E-state index contributed by atoms with van der Waals surface area (Å²) in [6.45, 7) is 0.0152. The van der Waals surface area contributed by atoms with E-state index in [0.29, 0.717) is 0 Å². The van der Waals surface area contributed by atoms with E-state index < -0.39 is 5.79 Å². The Bertz CT molecular complexity index is 384. The molecule has 0 aromatic heterocycles. The van der Waals surface area contributed by atoms with Crippen molar-refractivity contribution in [2.24, 2.45) is 0 Å². The van der Waals surface area contributed by atoms with E-state index in [0.717, 1.165) is 31.2 Å². The van der Waals surface area contributed by atoms with Gasteiger partial charge < -0.3 is 14.6 Å². The molecule has 1 N–H and O–H groups in total. The van der Waals surface area contributed by atoms with Crippen LogP contribution in [0.25, 0.3) is 0 Å². The second-order valence-electron chi connectivity index (χ2n) is 5.26. The smallest absolute Gasteiger partial charge is 0.169 e. The molecule has 18 heavy (non-hydrogen) atoms. The molecule has 2 atom stereocenters. The highest BCUT2D eigenvalue weighted by Gasteiger charge is 2.48. The zero-order valence-electron chi connectivity index (χ0n) is 10.5. The van der Waals surface area contributed by atoms with E-state index in [1.165, 1.54) is 6.42 Å². The van der Waals surface area contributed by atoms with Crippen LogP contribution in [-0.2, 0) is 9.47 Å². The van der Waals surface area contributed by atoms with Crippen molar-refractivity contribution in [3.05, 3.63) is 35.9 Å². The van der Waals surface area contributed by atoms with E-state index in [1.807, 2.05) is 30.3 Å².